The Labute approximate surface area is 196 Å². The van der Waals surface area contributed by atoms with Crippen molar-refractivity contribution in [3.8, 4) is 0 Å². The number of nitrogens with zero attached hydrogens (tertiary/aromatic N) is 1. The van der Waals surface area contributed by atoms with E-state index in [1.165, 1.54) is 12.5 Å². The van der Waals surface area contributed by atoms with Crippen molar-refractivity contribution < 1.29 is 29.1 Å². The number of thiol groups is 1. The fourth-order valence-corrected chi connectivity index (χ4v) is 3.10. The maximum Gasteiger partial charge on any atom is 0.326 e. The number of hydrogen-bond donors (Lipinski definition) is 8. The fraction of sp³-hybridized carbons (Fsp3) is 0.579. The molecule has 1 rings (SSSR count). The Hall–Kier alpha value is -3.13. The lowest BCUT2D eigenvalue weighted by Crippen LogP contribution is -2.58. The molecule has 14 heteroatoms. The van der Waals surface area contributed by atoms with Crippen LogP contribution in [0.1, 0.15) is 32.4 Å². The van der Waals surface area contributed by atoms with E-state index in [0.29, 0.717) is 5.69 Å². The summed E-state index contributed by atoms with van der Waals surface area (Å²) in [6, 6.07) is -4.72. The number of H-pyrrole nitrogens is 1. The van der Waals surface area contributed by atoms with E-state index in [4.69, 9.17) is 11.5 Å². The number of carbonyl (C=O) groups is 5. The van der Waals surface area contributed by atoms with Gasteiger partial charge < -0.3 is 37.5 Å². The summed E-state index contributed by atoms with van der Waals surface area (Å²) >= 11 is 4.09. The highest BCUT2D eigenvalue weighted by Gasteiger charge is 2.31. The fourth-order valence-electron chi connectivity index (χ4n) is 2.85. The highest BCUT2D eigenvalue weighted by Crippen LogP contribution is 2.07. The molecule has 0 aliphatic carbocycles. The summed E-state index contributed by atoms with van der Waals surface area (Å²) in [6.07, 6.45) is 2.71. The van der Waals surface area contributed by atoms with Gasteiger partial charge in [0.05, 0.1) is 18.8 Å². The topological polar surface area (TPSA) is 222 Å². The second kappa shape index (κ2) is 13.4. The van der Waals surface area contributed by atoms with Crippen LogP contribution in [0.15, 0.2) is 12.5 Å². The van der Waals surface area contributed by atoms with Gasteiger partial charge in [-0.15, -0.1) is 0 Å². The van der Waals surface area contributed by atoms with Crippen molar-refractivity contribution in [2.45, 2.75) is 57.3 Å². The van der Waals surface area contributed by atoms with Crippen LogP contribution in [0.25, 0.3) is 0 Å². The van der Waals surface area contributed by atoms with Crippen molar-refractivity contribution in [2.75, 3.05) is 5.75 Å². The van der Waals surface area contributed by atoms with Crippen molar-refractivity contribution in [3.05, 3.63) is 18.2 Å². The summed E-state index contributed by atoms with van der Waals surface area (Å²) in [4.78, 5) is 66.8. The molecule has 1 heterocycles. The molecule has 0 bridgehead atoms. The summed E-state index contributed by atoms with van der Waals surface area (Å²) in [5.74, 6) is -4.58. The third-order valence-corrected chi connectivity index (χ3v) is 4.87. The summed E-state index contributed by atoms with van der Waals surface area (Å²) in [7, 11) is 0. The minimum atomic E-state index is -1.54. The molecular weight excluding hydrogens is 454 g/mol. The molecule has 0 aliphatic heterocycles. The zero-order valence-corrected chi connectivity index (χ0v) is 19.3. The first-order chi connectivity index (χ1) is 15.4. The van der Waals surface area contributed by atoms with Crippen LogP contribution in [0.5, 0.6) is 0 Å². The maximum atomic E-state index is 12.7. The minimum absolute atomic E-state index is 0.0488. The number of aromatic nitrogens is 2. The molecular formula is C19H31N7O6S. The van der Waals surface area contributed by atoms with Crippen LogP contribution in [-0.4, -0.2) is 74.6 Å². The molecule has 33 heavy (non-hydrogen) atoms. The monoisotopic (exact) mass is 485 g/mol. The first-order valence-electron chi connectivity index (χ1n) is 10.2. The summed E-state index contributed by atoms with van der Waals surface area (Å²) < 4.78 is 0. The average molecular weight is 486 g/mol. The van der Waals surface area contributed by atoms with Crippen molar-refractivity contribution in [1.82, 2.24) is 25.9 Å². The van der Waals surface area contributed by atoms with Crippen molar-refractivity contribution in [2.24, 2.45) is 17.4 Å². The molecule has 1 aromatic rings. The van der Waals surface area contributed by atoms with E-state index < -0.39 is 60.2 Å². The number of amides is 4. The van der Waals surface area contributed by atoms with E-state index in [9.17, 15) is 29.1 Å². The molecule has 4 unspecified atom stereocenters. The number of nitrogens with one attached hydrogen (secondary N) is 4. The standard InChI is InChI=1S/C19H31N7O6S/c1-9(2)3-12(17(29)25-13(19(31)32)5-15(21)27)24-18(30)14(7-33)26-16(28)11(20)4-10-6-22-8-23-10/h6,8-9,11-14,33H,3-5,7,20H2,1-2H3,(H2,21,27)(H,22,23)(H,24,30)(H,25,29)(H,26,28)(H,31,32). The third-order valence-electron chi connectivity index (χ3n) is 4.51. The molecule has 13 nitrogen and oxygen atoms in total. The number of rotatable bonds is 14. The lowest BCUT2D eigenvalue weighted by atomic mass is 10.0. The smallest absolute Gasteiger partial charge is 0.326 e. The van der Waals surface area contributed by atoms with Gasteiger partial charge in [0.25, 0.3) is 0 Å². The van der Waals surface area contributed by atoms with Crippen LogP contribution in [0.2, 0.25) is 0 Å². The quantitative estimate of drug-likeness (QED) is 0.133. The van der Waals surface area contributed by atoms with Gasteiger partial charge in [0, 0.05) is 24.1 Å². The molecule has 0 spiro atoms. The maximum absolute atomic E-state index is 12.7. The number of carbonyl (C=O) groups excluding carboxylic acids is 4. The van der Waals surface area contributed by atoms with E-state index in [2.05, 4.69) is 38.5 Å². The van der Waals surface area contributed by atoms with Crippen LogP contribution < -0.4 is 27.4 Å². The average Bonchev–Trinajstić information content (AvgIpc) is 3.22. The number of aliphatic carboxylic acids is 1. The number of carboxylic acid groups (broad SMARTS) is 1. The van der Waals surface area contributed by atoms with E-state index in [1.807, 2.05) is 0 Å². The van der Waals surface area contributed by atoms with Gasteiger partial charge in [-0.3, -0.25) is 19.2 Å². The predicted molar refractivity (Wildman–Crippen MR) is 121 cm³/mol. The zero-order chi connectivity index (χ0) is 25.1. The molecule has 4 atom stereocenters. The Balaban J connectivity index is 2.82. The number of primary amides is 1. The van der Waals surface area contributed by atoms with Gasteiger partial charge in [0.2, 0.25) is 23.6 Å². The molecule has 0 radical (unpaired) electrons. The first-order valence-corrected chi connectivity index (χ1v) is 10.8. The van der Waals surface area contributed by atoms with Crippen LogP contribution in [0.4, 0.5) is 0 Å². The molecule has 4 amide bonds. The first kappa shape index (κ1) is 27.9. The summed E-state index contributed by atoms with van der Waals surface area (Å²) in [6.45, 7) is 3.60. The van der Waals surface area contributed by atoms with E-state index in [0.717, 1.165) is 0 Å². The summed E-state index contributed by atoms with van der Waals surface area (Å²) in [5.41, 5.74) is 11.5. The minimum Gasteiger partial charge on any atom is -0.480 e. The molecule has 1 aromatic heterocycles. The molecule has 0 saturated carbocycles. The van der Waals surface area contributed by atoms with Crippen molar-refractivity contribution >= 4 is 42.2 Å². The second-order valence-electron chi connectivity index (χ2n) is 7.89. The normalized spacial score (nSPS) is 14.6. The number of aromatic amines is 1. The van der Waals surface area contributed by atoms with Gasteiger partial charge in [-0.1, -0.05) is 13.8 Å². The second-order valence-corrected chi connectivity index (χ2v) is 8.26. The molecule has 0 fully saturated rings. The Morgan fingerprint density at radius 1 is 1.06 bits per heavy atom. The lowest BCUT2D eigenvalue weighted by Gasteiger charge is -2.25. The van der Waals surface area contributed by atoms with Gasteiger partial charge in [-0.25, -0.2) is 9.78 Å². The Morgan fingerprint density at radius 2 is 1.64 bits per heavy atom. The van der Waals surface area contributed by atoms with Crippen molar-refractivity contribution in [1.29, 1.82) is 0 Å². The van der Waals surface area contributed by atoms with Gasteiger partial charge in [-0.05, 0) is 12.3 Å². The molecule has 0 saturated heterocycles. The number of hydrogen-bond acceptors (Lipinski definition) is 8. The van der Waals surface area contributed by atoms with Gasteiger partial charge in [0.1, 0.15) is 18.1 Å². The van der Waals surface area contributed by atoms with Gasteiger partial charge in [0.15, 0.2) is 0 Å². The van der Waals surface area contributed by atoms with Gasteiger partial charge >= 0.3 is 5.97 Å². The molecule has 0 aliphatic rings. The largest absolute Gasteiger partial charge is 0.480 e. The van der Waals surface area contributed by atoms with Crippen LogP contribution in [0.3, 0.4) is 0 Å². The highest BCUT2D eigenvalue weighted by atomic mass is 32.1. The molecule has 9 N–H and O–H groups in total. The third kappa shape index (κ3) is 9.91. The number of imidazole rings is 1. The summed E-state index contributed by atoms with van der Waals surface area (Å²) in [5, 5.41) is 16.4. The number of nitrogens with two attached hydrogens (primary N) is 2. The van der Waals surface area contributed by atoms with Crippen LogP contribution in [-0.2, 0) is 30.4 Å². The van der Waals surface area contributed by atoms with Crippen LogP contribution >= 0.6 is 12.6 Å². The molecule has 0 aromatic carbocycles. The Bertz CT molecular complexity index is 833. The van der Waals surface area contributed by atoms with Crippen LogP contribution in [0, 0.1) is 5.92 Å². The zero-order valence-electron chi connectivity index (χ0n) is 18.4. The van der Waals surface area contributed by atoms with Crippen molar-refractivity contribution in [3.63, 3.8) is 0 Å². The van der Waals surface area contributed by atoms with Gasteiger partial charge in [-0.2, -0.15) is 12.6 Å². The van der Waals surface area contributed by atoms with E-state index in [1.54, 1.807) is 13.8 Å². The van der Waals surface area contributed by atoms with E-state index >= 15 is 0 Å². The molecule has 184 valence electrons. The Kier molecular flexibility index (Phi) is 11.4. The number of carboxylic acids is 1. The Morgan fingerprint density at radius 3 is 2.12 bits per heavy atom. The SMILES string of the molecule is CC(C)CC(NC(=O)C(CS)NC(=O)C(N)Cc1cnc[nH]1)C(=O)NC(CC(N)=O)C(=O)O. The van der Waals surface area contributed by atoms with E-state index in [-0.39, 0.29) is 24.5 Å². The lowest BCUT2D eigenvalue weighted by molar-refractivity contribution is -0.143. The highest BCUT2D eigenvalue weighted by molar-refractivity contribution is 7.80. The predicted octanol–water partition coefficient (Wildman–Crippen LogP) is -2.33.